The number of H-pyrrole nitrogens is 1. The molecule has 0 bridgehead atoms. The minimum absolute atomic E-state index is 0.554. The summed E-state index contributed by atoms with van der Waals surface area (Å²) in [6.07, 6.45) is 0. The van der Waals surface area contributed by atoms with Crippen LogP contribution in [0.25, 0.3) is 11.4 Å². The van der Waals surface area contributed by atoms with Crippen molar-refractivity contribution >= 4 is 39.7 Å². The van der Waals surface area contributed by atoms with E-state index in [4.69, 9.17) is 28.6 Å². The van der Waals surface area contributed by atoms with Crippen molar-refractivity contribution in [2.24, 2.45) is 0 Å². The molecule has 0 aliphatic rings. The number of methoxy groups -OCH3 is 1. The highest BCUT2D eigenvalue weighted by Gasteiger charge is 2.13. The smallest absolute Gasteiger partial charge is 0.195 e. The molecule has 0 saturated carbocycles. The average Bonchev–Trinajstić information content (AvgIpc) is 2.72. The highest BCUT2D eigenvalue weighted by atomic mass is 79.9. The first-order valence-electron chi connectivity index (χ1n) is 5.23. The van der Waals surface area contributed by atoms with Gasteiger partial charge < -0.3 is 4.74 Å². The molecule has 18 heavy (non-hydrogen) atoms. The Morgan fingerprint density at radius 3 is 3.06 bits per heavy atom. The van der Waals surface area contributed by atoms with E-state index in [0.717, 1.165) is 10.0 Å². The topological polar surface area (TPSA) is 42.8 Å². The number of hydrogen-bond donors (Lipinski definition) is 1. The first kappa shape index (κ1) is 13.7. The van der Waals surface area contributed by atoms with E-state index in [9.17, 15) is 0 Å². The molecular weight excluding hydrogens is 338 g/mol. The number of ether oxygens (including phenoxy) is 1. The summed E-state index contributed by atoms with van der Waals surface area (Å²) in [7, 11) is 1.65. The fourth-order valence-corrected chi connectivity index (χ4v) is 2.39. The van der Waals surface area contributed by atoms with Gasteiger partial charge in [0.15, 0.2) is 10.6 Å². The van der Waals surface area contributed by atoms with Crippen LogP contribution in [-0.2, 0) is 11.3 Å². The maximum atomic E-state index is 6.26. The molecule has 0 amide bonds. The Bertz CT molecular complexity index is 611. The van der Waals surface area contributed by atoms with E-state index in [1.807, 2.05) is 22.8 Å². The van der Waals surface area contributed by atoms with Gasteiger partial charge in [-0.1, -0.05) is 17.7 Å². The predicted octanol–water partition coefficient (Wildman–Crippen LogP) is 3.67. The molecule has 0 atom stereocenters. The molecular formula is C11H11BrClN3OS. The fraction of sp³-hybridized carbons (Fsp3) is 0.273. The summed E-state index contributed by atoms with van der Waals surface area (Å²) in [5, 5.41) is 7.62. The lowest BCUT2D eigenvalue weighted by atomic mass is 10.2. The maximum absolute atomic E-state index is 6.26. The molecule has 0 radical (unpaired) electrons. The minimum atomic E-state index is 0.554. The van der Waals surface area contributed by atoms with Gasteiger partial charge in [0, 0.05) is 17.1 Å². The molecule has 1 heterocycles. The SMILES string of the molecule is COCCn1c(-c2cccc(Br)c2Cl)n[nH]c1=S. The molecule has 0 aliphatic carbocycles. The normalized spacial score (nSPS) is 10.8. The van der Waals surface area contributed by atoms with Crippen molar-refractivity contribution in [1.29, 1.82) is 0 Å². The number of benzene rings is 1. The van der Waals surface area contributed by atoms with E-state index in [1.165, 1.54) is 0 Å². The van der Waals surface area contributed by atoms with Crippen LogP contribution in [0.2, 0.25) is 5.02 Å². The van der Waals surface area contributed by atoms with Crippen LogP contribution in [0.3, 0.4) is 0 Å². The van der Waals surface area contributed by atoms with Crippen molar-refractivity contribution in [3.63, 3.8) is 0 Å². The molecule has 1 N–H and O–H groups in total. The summed E-state index contributed by atoms with van der Waals surface area (Å²) in [5.41, 5.74) is 0.828. The Kier molecular flexibility index (Phi) is 4.55. The van der Waals surface area contributed by atoms with Crippen LogP contribution >= 0.6 is 39.7 Å². The maximum Gasteiger partial charge on any atom is 0.195 e. The Morgan fingerprint density at radius 2 is 2.33 bits per heavy atom. The summed E-state index contributed by atoms with van der Waals surface area (Å²) in [6, 6.07) is 5.69. The van der Waals surface area contributed by atoms with Crippen LogP contribution in [-0.4, -0.2) is 28.5 Å². The van der Waals surface area contributed by atoms with Gasteiger partial charge in [0.25, 0.3) is 0 Å². The third-order valence-electron chi connectivity index (χ3n) is 2.47. The number of hydrogen-bond acceptors (Lipinski definition) is 3. The minimum Gasteiger partial charge on any atom is -0.383 e. The molecule has 0 saturated heterocycles. The monoisotopic (exact) mass is 347 g/mol. The van der Waals surface area contributed by atoms with Crippen molar-refractivity contribution in [2.75, 3.05) is 13.7 Å². The lowest BCUT2D eigenvalue weighted by Crippen LogP contribution is -2.06. The van der Waals surface area contributed by atoms with Crippen LogP contribution < -0.4 is 0 Å². The molecule has 0 unspecified atom stereocenters. The van der Waals surface area contributed by atoms with Gasteiger partial charge in [-0.2, -0.15) is 5.10 Å². The third kappa shape index (κ3) is 2.66. The predicted molar refractivity (Wildman–Crippen MR) is 77.4 cm³/mol. The Morgan fingerprint density at radius 1 is 1.56 bits per heavy atom. The first-order chi connectivity index (χ1) is 8.65. The number of nitrogens with one attached hydrogen (secondary N) is 1. The Balaban J connectivity index is 2.51. The Labute approximate surface area is 123 Å². The van der Waals surface area contributed by atoms with Crippen molar-refractivity contribution in [3.8, 4) is 11.4 Å². The van der Waals surface area contributed by atoms with Crippen LogP contribution in [0, 0.1) is 4.77 Å². The molecule has 1 aromatic heterocycles. The van der Waals surface area contributed by atoms with Crippen LogP contribution in [0.15, 0.2) is 22.7 Å². The van der Waals surface area contributed by atoms with Crippen molar-refractivity contribution in [1.82, 2.24) is 14.8 Å². The number of halogens is 2. The summed E-state index contributed by atoms with van der Waals surface area (Å²) >= 11 is 14.9. The van der Waals surface area contributed by atoms with Gasteiger partial charge >= 0.3 is 0 Å². The number of aromatic amines is 1. The van der Waals surface area contributed by atoms with Gasteiger partial charge in [0.1, 0.15) is 0 Å². The van der Waals surface area contributed by atoms with Gasteiger partial charge in [0.05, 0.1) is 18.2 Å². The van der Waals surface area contributed by atoms with E-state index in [-0.39, 0.29) is 0 Å². The van der Waals surface area contributed by atoms with Crippen LogP contribution in [0.4, 0.5) is 0 Å². The molecule has 0 spiro atoms. The largest absolute Gasteiger partial charge is 0.383 e. The lowest BCUT2D eigenvalue weighted by molar-refractivity contribution is 0.187. The zero-order valence-corrected chi connectivity index (χ0v) is 12.8. The second-order valence-corrected chi connectivity index (χ2v) is 5.22. The lowest BCUT2D eigenvalue weighted by Gasteiger charge is -2.08. The molecule has 96 valence electrons. The van der Waals surface area contributed by atoms with Gasteiger partial charge in [-0.15, -0.1) is 0 Å². The van der Waals surface area contributed by atoms with E-state index >= 15 is 0 Å². The van der Waals surface area contributed by atoms with Gasteiger partial charge in [-0.3, -0.25) is 9.67 Å². The number of aromatic nitrogens is 3. The highest BCUT2D eigenvalue weighted by molar-refractivity contribution is 9.10. The summed E-state index contributed by atoms with van der Waals surface area (Å²) < 4.78 is 8.31. The van der Waals surface area contributed by atoms with E-state index in [2.05, 4.69) is 26.1 Å². The summed E-state index contributed by atoms with van der Waals surface area (Å²) in [5.74, 6) is 0.711. The quantitative estimate of drug-likeness (QED) is 0.857. The van der Waals surface area contributed by atoms with Crippen molar-refractivity contribution < 1.29 is 4.74 Å². The van der Waals surface area contributed by atoms with Gasteiger partial charge in [-0.25, -0.2) is 0 Å². The molecule has 2 rings (SSSR count). The number of rotatable bonds is 4. The molecule has 2 aromatic rings. The number of nitrogens with zero attached hydrogens (tertiary/aromatic N) is 2. The average molecular weight is 349 g/mol. The molecule has 1 aromatic carbocycles. The van der Waals surface area contributed by atoms with Gasteiger partial charge in [-0.05, 0) is 40.3 Å². The van der Waals surface area contributed by atoms with E-state index < -0.39 is 0 Å². The van der Waals surface area contributed by atoms with Crippen LogP contribution in [0.1, 0.15) is 0 Å². The second kappa shape index (κ2) is 5.97. The van der Waals surface area contributed by atoms with Crippen molar-refractivity contribution in [3.05, 3.63) is 32.5 Å². The van der Waals surface area contributed by atoms with Crippen molar-refractivity contribution in [2.45, 2.75) is 6.54 Å². The molecule has 0 aliphatic heterocycles. The van der Waals surface area contributed by atoms with Crippen LogP contribution in [0.5, 0.6) is 0 Å². The zero-order valence-electron chi connectivity index (χ0n) is 9.61. The van der Waals surface area contributed by atoms with Gasteiger partial charge in [0.2, 0.25) is 0 Å². The zero-order chi connectivity index (χ0) is 13.1. The molecule has 7 heteroatoms. The first-order valence-corrected chi connectivity index (χ1v) is 6.81. The fourth-order valence-electron chi connectivity index (χ4n) is 1.59. The molecule has 0 fully saturated rings. The van der Waals surface area contributed by atoms with E-state index in [1.54, 1.807) is 7.11 Å². The standard InChI is InChI=1S/C11H11BrClN3OS/c1-17-6-5-16-10(14-15-11(16)18)7-3-2-4-8(12)9(7)13/h2-4H,5-6H2,1H3,(H,15,18). The second-order valence-electron chi connectivity index (χ2n) is 3.60. The summed E-state index contributed by atoms with van der Waals surface area (Å²) in [4.78, 5) is 0. The highest BCUT2D eigenvalue weighted by Crippen LogP contribution is 2.32. The third-order valence-corrected chi connectivity index (χ3v) is 4.08. The summed E-state index contributed by atoms with van der Waals surface area (Å²) in [6.45, 7) is 1.19. The van der Waals surface area contributed by atoms with E-state index in [0.29, 0.717) is 28.8 Å². The Hall–Kier alpha value is -0.690. The molecule has 4 nitrogen and oxygen atoms in total.